The van der Waals surface area contributed by atoms with Crippen LogP contribution in [0, 0.1) is 12.3 Å². The molecule has 8 heteroatoms. The number of aliphatic imine (C=N–C) groups is 1. The molecule has 2 aromatic rings. The summed E-state index contributed by atoms with van der Waals surface area (Å²) < 4.78 is 10.4. The molecule has 3 rings (SSSR count). The van der Waals surface area contributed by atoms with Crippen molar-refractivity contribution >= 4 is 46.4 Å². The van der Waals surface area contributed by atoms with Gasteiger partial charge in [0.05, 0.1) is 16.5 Å². The number of thioether (sulfide) groups is 1. The van der Waals surface area contributed by atoms with Gasteiger partial charge in [-0.1, -0.05) is 53.5 Å². The molecule has 0 fully saturated rings. The Morgan fingerprint density at radius 2 is 2.00 bits per heavy atom. The molecule has 0 spiro atoms. The Bertz CT molecular complexity index is 1180. The Kier molecular flexibility index (Phi) is 7.77. The molecule has 0 bridgehead atoms. The van der Waals surface area contributed by atoms with Gasteiger partial charge in [0, 0.05) is 5.56 Å². The van der Waals surface area contributed by atoms with Gasteiger partial charge in [-0.2, -0.15) is 0 Å². The summed E-state index contributed by atoms with van der Waals surface area (Å²) >= 11 is 7.21. The fourth-order valence-electron chi connectivity index (χ4n) is 2.72. The summed E-state index contributed by atoms with van der Waals surface area (Å²) in [7, 11) is 0. The molecule has 2 aromatic carbocycles. The highest BCUT2D eigenvalue weighted by molar-refractivity contribution is 8.18. The third-order valence-electron chi connectivity index (χ3n) is 4.16. The highest BCUT2D eigenvalue weighted by atomic mass is 35.5. The van der Waals surface area contributed by atoms with Gasteiger partial charge in [-0.3, -0.25) is 4.79 Å². The van der Waals surface area contributed by atoms with Crippen LogP contribution >= 0.6 is 23.4 Å². The van der Waals surface area contributed by atoms with Crippen molar-refractivity contribution in [2.45, 2.75) is 6.92 Å². The molecule has 1 heterocycles. The van der Waals surface area contributed by atoms with Gasteiger partial charge in [-0.25, -0.2) is 9.79 Å². The van der Waals surface area contributed by atoms with Crippen LogP contribution in [0.3, 0.4) is 0 Å². The zero-order valence-electron chi connectivity index (χ0n) is 17.0. The van der Waals surface area contributed by atoms with Crippen molar-refractivity contribution in [2.24, 2.45) is 4.99 Å². The average molecular weight is 468 g/mol. The maximum absolute atomic E-state index is 12.5. The number of amides is 1. The minimum absolute atomic E-state index is 0.0566. The molecular weight excluding hydrogens is 450 g/mol. The summed E-state index contributed by atoms with van der Waals surface area (Å²) in [5.41, 5.74) is 0.832. The van der Waals surface area contributed by atoms with Crippen LogP contribution in [0.15, 0.2) is 69.8 Å². The summed E-state index contributed by atoms with van der Waals surface area (Å²) in [6, 6.07) is 13.4. The predicted molar refractivity (Wildman–Crippen MR) is 126 cm³/mol. The smallest absolute Gasteiger partial charge is 0.344 e. The lowest BCUT2D eigenvalue weighted by molar-refractivity contribution is -0.138. The minimum Gasteiger partial charge on any atom is -0.506 e. The number of hydrogen-bond donors (Lipinski definition) is 1. The maximum Gasteiger partial charge on any atom is 0.344 e. The second kappa shape index (κ2) is 10.7. The quantitative estimate of drug-likeness (QED) is 0.472. The zero-order valence-corrected chi connectivity index (χ0v) is 18.6. The zero-order chi connectivity index (χ0) is 23.1. The molecule has 0 saturated carbocycles. The highest BCUT2D eigenvalue weighted by Gasteiger charge is 2.34. The van der Waals surface area contributed by atoms with Crippen LogP contribution in [0.5, 0.6) is 5.75 Å². The number of halogens is 1. The first-order valence-electron chi connectivity index (χ1n) is 9.49. The summed E-state index contributed by atoms with van der Waals surface area (Å²) in [6.07, 6.45) is 6.80. The van der Waals surface area contributed by atoms with E-state index in [4.69, 9.17) is 27.5 Å². The van der Waals surface area contributed by atoms with E-state index in [0.29, 0.717) is 26.8 Å². The monoisotopic (exact) mass is 467 g/mol. The summed E-state index contributed by atoms with van der Waals surface area (Å²) in [6.45, 7) is 1.83. The molecule has 0 saturated heterocycles. The topological polar surface area (TPSA) is 85.2 Å². The van der Waals surface area contributed by atoms with Crippen LogP contribution < -0.4 is 4.74 Å². The molecule has 0 atom stereocenters. The number of aliphatic hydroxyl groups excluding tert-OH is 1. The van der Waals surface area contributed by atoms with Gasteiger partial charge < -0.3 is 14.6 Å². The van der Waals surface area contributed by atoms with Gasteiger partial charge in [-0.15, -0.1) is 6.42 Å². The third-order valence-corrected chi connectivity index (χ3v) is 5.47. The van der Waals surface area contributed by atoms with E-state index in [1.165, 1.54) is 0 Å². The molecule has 1 N–H and O–H groups in total. The molecule has 1 aliphatic heterocycles. The van der Waals surface area contributed by atoms with Crippen LogP contribution in [0.25, 0.3) is 6.08 Å². The molecule has 1 amide bonds. The molecule has 0 unspecified atom stereocenters. The molecule has 1 aliphatic rings. The van der Waals surface area contributed by atoms with Crippen molar-refractivity contribution < 1.29 is 24.2 Å². The van der Waals surface area contributed by atoms with Crippen LogP contribution in [-0.4, -0.2) is 35.2 Å². The molecule has 0 aromatic heterocycles. The van der Waals surface area contributed by atoms with Crippen LogP contribution in [0.4, 0.5) is 0 Å². The van der Waals surface area contributed by atoms with E-state index in [2.05, 4.69) is 10.9 Å². The summed E-state index contributed by atoms with van der Waals surface area (Å²) in [4.78, 5) is 29.4. The standard InChI is InChI=1S/C24H18ClNO5S/c1-3-12-31-18-11-10-15(13-17(18)25)14-19-21(27)20(24(29)30-4-2)23(32-19)26-22(28)16-8-6-5-7-9-16/h1,5-11,13-14,27H,4,12H2,2H3/b19-14-,26-23?. The first kappa shape index (κ1) is 23.2. The first-order valence-corrected chi connectivity index (χ1v) is 10.7. The number of ether oxygens (including phenoxy) is 2. The van der Waals surface area contributed by atoms with E-state index in [1.807, 2.05) is 0 Å². The Balaban J connectivity index is 1.97. The first-order chi connectivity index (χ1) is 15.4. The fourth-order valence-corrected chi connectivity index (χ4v) is 3.98. The molecule has 0 radical (unpaired) electrons. The largest absolute Gasteiger partial charge is 0.506 e. The van der Waals surface area contributed by atoms with Crippen molar-refractivity contribution in [3.05, 3.63) is 80.9 Å². The van der Waals surface area contributed by atoms with E-state index in [-0.39, 0.29) is 29.6 Å². The SMILES string of the molecule is C#CCOc1ccc(/C=C2\SC(=NC(=O)c3ccccc3)C(C(=O)OCC)=C2O)cc1Cl. The normalized spacial score (nSPS) is 15.7. The van der Waals surface area contributed by atoms with E-state index < -0.39 is 11.9 Å². The van der Waals surface area contributed by atoms with E-state index in [9.17, 15) is 14.7 Å². The lowest BCUT2D eigenvalue weighted by Crippen LogP contribution is -2.14. The maximum atomic E-state index is 12.5. The lowest BCUT2D eigenvalue weighted by Gasteiger charge is -2.06. The average Bonchev–Trinajstić information content (AvgIpc) is 3.08. The molecule has 32 heavy (non-hydrogen) atoms. The minimum atomic E-state index is -0.767. The molecule has 162 valence electrons. The number of aliphatic hydroxyl groups is 1. The van der Waals surface area contributed by atoms with Gasteiger partial charge in [0.1, 0.15) is 28.7 Å². The van der Waals surface area contributed by atoms with Crippen molar-refractivity contribution in [1.82, 2.24) is 0 Å². The third kappa shape index (κ3) is 5.41. The Hall–Kier alpha value is -3.47. The van der Waals surface area contributed by atoms with Crippen LogP contribution in [-0.2, 0) is 9.53 Å². The van der Waals surface area contributed by atoms with Crippen LogP contribution in [0.2, 0.25) is 5.02 Å². The Morgan fingerprint density at radius 3 is 2.66 bits per heavy atom. The molecule has 6 nitrogen and oxygen atoms in total. The number of benzene rings is 2. The predicted octanol–water partition coefficient (Wildman–Crippen LogP) is 5.05. The van der Waals surface area contributed by atoms with Gasteiger partial charge in [0.2, 0.25) is 0 Å². The number of carbonyl (C=O) groups is 2. The molecule has 0 aliphatic carbocycles. The number of rotatable bonds is 6. The van der Waals surface area contributed by atoms with Crippen LogP contribution in [0.1, 0.15) is 22.8 Å². The number of esters is 1. The lowest BCUT2D eigenvalue weighted by atomic mass is 10.1. The van der Waals surface area contributed by atoms with Gasteiger partial charge >= 0.3 is 5.97 Å². The Labute approximate surface area is 194 Å². The Morgan fingerprint density at radius 1 is 1.25 bits per heavy atom. The summed E-state index contributed by atoms with van der Waals surface area (Å²) in [5.74, 6) is 1.16. The highest BCUT2D eigenvalue weighted by Crippen LogP contribution is 2.40. The van der Waals surface area contributed by atoms with Gasteiger partial charge in [0.25, 0.3) is 5.91 Å². The van der Waals surface area contributed by atoms with E-state index in [1.54, 1.807) is 61.5 Å². The van der Waals surface area contributed by atoms with Crippen molar-refractivity contribution in [2.75, 3.05) is 13.2 Å². The van der Waals surface area contributed by atoms with Crippen molar-refractivity contribution in [1.29, 1.82) is 0 Å². The van der Waals surface area contributed by atoms with E-state index >= 15 is 0 Å². The fraction of sp³-hybridized carbons (Fsp3) is 0.125. The number of terminal acetylenes is 1. The van der Waals surface area contributed by atoms with E-state index in [0.717, 1.165) is 11.8 Å². The van der Waals surface area contributed by atoms with Crippen molar-refractivity contribution in [3.8, 4) is 18.1 Å². The molecular formula is C24H18ClNO5S. The van der Waals surface area contributed by atoms with Gasteiger partial charge in [0.15, 0.2) is 0 Å². The number of hydrogen-bond acceptors (Lipinski definition) is 6. The second-order valence-corrected chi connectivity index (χ2v) is 7.76. The second-order valence-electron chi connectivity index (χ2n) is 6.33. The van der Waals surface area contributed by atoms with Crippen molar-refractivity contribution in [3.63, 3.8) is 0 Å². The summed E-state index contributed by atoms with van der Waals surface area (Å²) in [5, 5.41) is 11.1. The number of nitrogens with zero attached hydrogens (tertiary/aromatic N) is 1. The van der Waals surface area contributed by atoms with Gasteiger partial charge in [-0.05, 0) is 42.8 Å². The number of carbonyl (C=O) groups excluding carboxylic acids is 2.